The zero-order chi connectivity index (χ0) is 47.2. The molecule has 11 nitrogen and oxygen atoms in total. The summed E-state index contributed by atoms with van der Waals surface area (Å²) in [5.41, 5.74) is 11.2. The van der Waals surface area contributed by atoms with Crippen LogP contribution in [0.25, 0.3) is 31.3 Å². The minimum absolute atomic E-state index is 0.127. The van der Waals surface area contributed by atoms with E-state index < -0.39 is 0 Å². The van der Waals surface area contributed by atoms with Crippen LogP contribution in [-0.4, -0.2) is 87.4 Å². The van der Waals surface area contributed by atoms with Crippen molar-refractivity contribution in [3.05, 3.63) is 111 Å². The van der Waals surface area contributed by atoms with Crippen LogP contribution in [0.2, 0.25) is 0 Å². The van der Waals surface area contributed by atoms with Crippen molar-refractivity contribution in [2.75, 3.05) is 74.9 Å². The molecule has 10 rings (SSSR count). The van der Waals surface area contributed by atoms with E-state index in [1.54, 1.807) is 0 Å². The third-order valence-electron chi connectivity index (χ3n) is 13.4. The van der Waals surface area contributed by atoms with Crippen molar-refractivity contribution in [1.82, 2.24) is 15.5 Å². The Bertz CT molecular complexity index is 2670. The topological polar surface area (TPSA) is 138 Å². The number of hydrogen-bond donors (Lipinski definition) is 4. The lowest BCUT2D eigenvalue weighted by atomic mass is 9.78. The fraction of sp³-hybridized carbons (Fsp3) is 0.415. The van der Waals surface area contributed by atoms with Gasteiger partial charge in [-0.15, -0.1) is 22.7 Å². The first-order valence-corrected chi connectivity index (χ1v) is 25.9. The smallest absolute Gasteiger partial charge is 0.410 e. The molecule has 2 spiro atoms. The summed E-state index contributed by atoms with van der Waals surface area (Å²) in [6, 6.07) is 32.2. The van der Waals surface area contributed by atoms with E-state index in [4.69, 9.17) is 15.2 Å². The highest BCUT2D eigenvalue weighted by Crippen LogP contribution is 2.41. The third-order valence-corrected chi connectivity index (χ3v) is 16.0. The summed E-state index contributed by atoms with van der Waals surface area (Å²) in [6.07, 6.45) is 7.17. The molecular weight excluding hydrogens is 945 g/mol. The van der Waals surface area contributed by atoms with Crippen LogP contribution >= 0.6 is 38.6 Å². The highest BCUT2D eigenvalue weighted by Gasteiger charge is 2.42. The molecule has 0 unspecified atom stereocenters. The number of carbonyl (C=O) groups excluding carboxylic acids is 3. The van der Waals surface area contributed by atoms with E-state index in [0.717, 1.165) is 88.0 Å². The van der Waals surface area contributed by atoms with Crippen molar-refractivity contribution in [3.8, 4) is 11.1 Å². The number of fused-ring (bicyclic) bond motifs is 2. The molecule has 4 aromatic carbocycles. The van der Waals surface area contributed by atoms with E-state index in [1.807, 2.05) is 111 Å². The lowest BCUT2D eigenvalue weighted by Crippen LogP contribution is -2.41. The maximum absolute atomic E-state index is 13.1. The Hall–Kier alpha value is -4.99. The molecule has 5 N–H and O–H groups in total. The van der Waals surface area contributed by atoms with Crippen molar-refractivity contribution in [2.24, 2.45) is 10.8 Å². The van der Waals surface area contributed by atoms with E-state index >= 15 is 0 Å². The molecule has 0 bridgehead atoms. The van der Waals surface area contributed by atoms with Gasteiger partial charge in [0.05, 0.1) is 22.9 Å². The number of piperidine rings is 2. The van der Waals surface area contributed by atoms with Gasteiger partial charge in [0.1, 0.15) is 10.5 Å². The number of nitrogens with zero attached hydrogens (tertiary/aromatic N) is 2. The third kappa shape index (κ3) is 12.2. The largest absolute Gasteiger partial charge is 0.462 e. The van der Waals surface area contributed by atoms with E-state index in [9.17, 15) is 14.4 Å². The number of carbonyl (C=O) groups is 3. The number of hydrogen-bond acceptors (Lipinski definition) is 11. The first-order chi connectivity index (χ1) is 32.2. The Morgan fingerprint density at radius 3 is 2.10 bits per heavy atom. The SMILES string of the molecule is CC(C)(C)OC(=O)N1CCC2(CCNCC2)C1.CCOC(=O)c1cc2ccc(Br)cc2s1.Nc1ccc(-c2ccccc2)cc1NC(=O)c1cc2ccc(N3CCC4(CCNC4)CC3)cc2s1. The van der Waals surface area contributed by atoms with Gasteiger partial charge in [-0.3, -0.25) is 4.79 Å². The molecule has 0 atom stereocenters. The van der Waals surface area contributed by atoms with Gasteiger partial charge in [-0.05, 0) is 167 Å². The van der Waals surface area contributed by atoms with Gasteiger partial charge in [0.15, 0.2) is 0 Å². The molecular formula is C53H63BrN6O5S2. The average molecular weight is 1010 g/mol. The van der Waals surface area contributed by atoms with Crippen molar-refractivity contribution in [3.63, 3.8) is 0 Å². The Balaban J connectivity index is 0.000000158. The maximum atomic E-state index is 13.1. The molecule has 6 aromatic rings. The number of amides is 2. The standard InChI is InChI=1S/C29H30N4OS.C13H24N2O2.C11H9BrO2S/c30-24-9-7-21(20-4-2-1-3-5-20)16-25(24)32-28(34)27-17-22-6-8-23(18-26(22)35-27)33-14-11-29(12-15-33)10-13-31-19-29;1-12(2,3)17-11(16)15-9-6-13(10-15)4-7-14-8-5-13;1-2-14-11(13)10-5-7-3-4-8(12)6-9(7)15-10/h1-9,16-18,31H,10-15,19,30H2,(H,32,34);14H,4-10H2,1-3H3;3-6H,2H2,1H3. The fourth-order valence-corrected chi connectivity index (χ4v) is 12.0. The normalized spacial score (nSPS) is 17.4. The predicted molar refractivity (Wildman–Crippen MR) is 280 cm³/mol. The molecule has 67 heavy (non-hydrogen) atoms. The van der Waals surface area contributed by atoms with Crippen LogP contribution in [0.3, 0.4) is 0 Å². The number of esters is 1. The lowest BCUT2D eigenvalue weighted by Gasteiger charge is -2.40. The van der Waals surface area contributed by atoms with Crippen LogP contribution in [-0.2, 0) is 9.47 Å². The summed E-state index contributed by atoms with van der Waals surface area (Å²) >= 11 is 6.39. The average Bonchev–Trinajstić information content (AvgIpc) is 4.14. The molecule has 4 saturated heterocycles. The van der Waals surface area contributed by atoms with Crippen molar-refractivity contribution in [1.29, 1.82) is 0 Å². The zero-order valence-electron chi connectivity index (χ0n) is 39.1. The number of benzene rings is 4. The second-order valence-corrected chi connectivity index (χ2v) is 22.4. The van der Waals surface area contributed by atoms with Crippen molar-refractivity contribution < 1.29 is 23.9 Å². The van der Waals surface area contributed by atoms with E-state index in [1.165, 1.54) is 67.0 Å². The minimum Gasteiger partial charge on any atom is -0.462 e. The monoisotopic (exact) mass is 1010 g/mol. The molecule has 14 heteroatoms. The highest BCUT2D eigenvalue weighted by atomic mass is 79.9. The van der Waals surface area contributed by atoms with Gasteiger partial charge in [0.2, 0.25) is 0 Å². The number of rotatable bonds is 6. The van der Waals surface area contributed by atoms with Gasteiger partial charge in [-0.1, -0.05) is 64.5 Å². The molecule has 0 saturated carbocycles. The molecule has 354 valence electrons. The number of nitrogens with two attached hydrogens (primary N) is 1. The number of likely N-dealkylation sites (tertiary alicyclic amines) is 1. The summed E-state index contributed by atoms with van der Waals surface area (Å²) in [5.74, 6) is -0.367. The molecule has 4 aliphatic heterocycles. The van der Waals surface area contributed by atoms with E-state index in [2.05, 4.69) is 55.0 Å². The number of anilines is 3. The molecule has 2 aromatic heterocycles. The summed E-state index contributed by atoms with van der Waals surface area (Å²) in [4.78, 5) is 42.3. The first-order valence-electron chi connectivity index (χ1n) is 23.5. The molecule has 2 amide bonds. The van der Waals surface area contributed by atoms with Crippen LogP contribution in [0.5, 0.6) is 0 Å². The zero-order valence-corrected chi connectivity index (χ0v) is 42.3. The van der Waals surface area contributed by atoms with Gasteiger partial charge in [-0.2, -0.15) is 0 Å². The molecule has 6 heterocycles. The number of nitrogens with one attached hydrogen (secondary N) is 3. The Kier molecular flexibility index (Phi) is 15.3. The van der Waals surface area contributed by atoms with Crippen LogP contribution in [0.1, 0.15) is 85.6 Å². The molecule has 4 aliphatic rings. The predicted octanol–water partition coefficient (Wildman–Crippen LogP) is 11.8. The van der Waals surface area contributed by atoms with Crippen LogP contribution in [0, 0.1) is 10.8 Å². The number of nitrogen functional groups attached to an aromatic ring is 1. The van der Waals surface area contributed by atoms with Gasteiger partial charge < -0.3 is 41.0 Å². The van der Waals surface area contributed by atoms with Crippen molar-refractivity contribution >= 4 is 93.8 Å². The Labute approximate surface area is 410 Å². The summed E-state index contributed by atoms with van der Waals surface area (Å²) < 4.78 is 13.6. The second-order valence-electron chi connectivity index (χ2n) is 19.3. The van der Waals surface area contributed by atoms with Gasteiger partial charge in [-0.25, -0.2) is 9.59 Å². The number of ether oxygens (including phenoxy) is 2. The quantitative estimate of drug-likeness (QED) is 0.0949. The number of thiophene rings is 2. The summed E-state index contributed by atoms with van der Waals surface area (Å²) in [5, 5.41) is 12.1. The van der Waals surface area contributed by atoms with Crippen LogP contribution in [0.15, 0.2) is 102 Å². The van der Waals surface area contributed by atoms with Gasteiger partial charge in [0.25, 0.3) is 5.91 Å². The number of halogens is 1. The highest BCUT2D eigenvalue weighted by molar-refractivity contribution is 9.10. The van der Waals surface area contributed by atoms with Crippen LogP contribution in [0.4, 0.5) is 21.9 Å². The minimum atomic E-state index is -0.388. The first kappa shape index (κ1) is 48.5. The molecule has 0 radical (unpaired) electrons. The van der Waals surface area contributed by atoms with Crippen LogP contribution < -0.4 is 26.6 Å². The van der Waals surface area contributed by atoms with E-state index in [-0.39, 0.29) is 23.6 Å². The lowest BCUT2D eigenvalue weighted by molar-refractivity contribution is 0.0264. The van der Waals surface area contributed by atoms with Gasteiger partial charge in [0, 0.05) is 52.3 Å². The summed E-state index contributed by atoms with van der Waals surface area (Å²) in [6.45, 7) is 16.4. The van der Waals surface area contributed by atoms with Gasteiger partial charge >= 0.3 is 12.1 Å². The van der Waals surface area contributed by atoms with Crippen molar-refractivity contribution in [2.45, 2.75) is 71.8 Å². The Morgan fingerprint density at radius 2 is 1.40 bits per heavy atom. The molecule has 0 aliphatic carbocycles. The molecule has 4 fully saturated rings. The Morgan fingerprint density at radius 1 is 0.746 bits per heavy atom. The second kappa shape index (κ2) is 21.1. The maximum Gasteiger partial charge on any atom is 0.410 e. The fourth-order valence-electron chi connectivity index (χ4n) is 9.54. The summed E-state index contributed by atoms with van der Waals surface area (Å²) in [7, 11) is 0. The van der Waals surface area contributed by atoms with E-state index in [0.29, 0.717) is 38.6 Å².